The highest BCUT2D eigenvalue weighted by molar-refractivity contribution is 6.32. The Bertz CT molecular complexity index is 452. The Labute approximate surface area is 124 Å². The molecule has 1 aromatic carbocycles. The van der Waals surface area contributed by atoms with Gasteiger partial charge in [-0.05, 0) is 24.1 Å². The standard InChI is InChI=1S/C14H21ClN2O3/c1-9(2)13(16)14(18)17-10-4-5-12(11(15)8-10)20-7-6-19-3/h4-5,8-9,13H,6-7,16H2,1-3H3,(H,17,18)/t13-/m0/s1. The van der Waals surface area contributed by atoms with E-state index in [0.717, 1.165) is 0 Å². The van der Waals surface area contributed by atoms with Gasteiger partial charge < -0.3 is 20.5 Å². The Balaban J connectivity index is 2.65. The van der Waals surface area contributed by atoms with E-state index in [9.17, 15) is 4.79 Å². The maximum atomic E-state index is 11.8. The smallest absolute Gasteiger partial charge is 0.241 e. The number of nitrogens with two attached hydrogens (primary N) is 1. The quantitative estimate of drug-likeness (QED) is 0.758. The van der Waals surface area contributed by atoms with Gasteiger partial charge in [-0.2, -0.15) is 0 Å². The lowest BCUT2D eigenvalue weighted by Gasteiger charge is -2.16. The molecular weight excluding hydrogens is 280 g/mol. The van der Waals surface area contributed by atoms with Gasteiger partial charge in [-0.1, -0.05) is 25.4 Å². The Morgan fingerprint density at radius 1 is 1.40 bits per heavy atom. The predicted molar refractivity (Wildman–Crippen MR) is 80.3 cm³/mol. The minimum atomic E-state index is -0.550. The number of hydrogen-bond donors (Lipinski definition) is 2. The zero-order valence-corrected chi connectivity index (χ0v) is 12.7. The molecule has 20 heavy (non-hydrogen) atoms. The average Bonchev–Trinajstić information content (AvgIpc) is 2.40. The van der Waals surface area contributed by atoms with E-state index in [2.05, 4.69) is 5.32 Å². The molecule has 0 aliphatic rings. The van der Waals surface area contributed by atoms with Crippen LogP contribution in [-0.2, 0) is 9.53 Å². The van der Waals surface area contributed by atoms with E-state index in [0.29, 0.717) is 29.7 Å². The number of ether oxygens (including phenoxy) is 2. The summed E-state index contributed by atoms with van der Waals surface area (Å²) in [6.07, 6.45) is 0. The lowest BCUT2D eigenvalue weighted by molar-refractivity contribution is -0.118. The molecule has 0 aromatic heterocycles. The third-order valence-corrected chi connectivity index (χ3v) is 3.06. The third-order valence-electron chi connectivity index (χ3n) is 2.77. The van der Waals surface area contributed by atoms with Crippen LogP contribution in [0.15, 0.2) is 18.2 Å². The number of nitrogens with one attached hydrogen (secondary N) is 1. The van der Waals surface area contributed by atoms with E-state index in [1.165, 1.54) is 0 Å². The second-order valence-corrected chi connectivity index (χ2v) is 5.15. The van der Waals surface area contributed by atoms with Gasteiger partial charge in [0.2, 0.25) is 5.91 Å². The largest absolute Gasteiger partial charge is 0.490 e. The van der Waals surface area contributed by atoms with E-state index in [4.69, 9.17) is 26.8 Å². The number of amides is 1. The molecule has 0 bridgehead atoms. The van der Waals surface area contributed by atoms with E-state index >= 15 is 0 Å². The molecule has 0 aliphatic carbocycles. The van der Waals surface area contributed by atoms with Crippen LogP contribution in [-0.4, -0.2) is 32.3 Å². The summed E-state index contributed by atoms with van der Waals surface area (Å²) in [6, 6.07) is 4.51. The van der Waals surface area contributed by atoms with Crippen LogP contribution < -0.4 is 15.8 Å². The van der Waals surface area contributed by atoms with Crippen molar-refractivity contribution in [1.82, 2.24) is 0 Å². The first-order valence-electron chi connectivity index (χ1n) is 6.43. The Morgan fingerprint density at radius 2 is 2.10 bits per heavy atom. The van der Waals surface area contributed by atoms with E-state index in [-0.39, 0.29) is 11.8 Å². The summed E-state index contributed by atoms with van der Waals surface area (Å²) in [6.45, 7) is 4.69. The fourth-order valence-electron chi connectivity index (χ4n) is 1.46. The van der Waals surface area contributed by atoms with Crippen molar-refractivity contribution in [3.63, 3.8) is 0 Å². The number of benzene rings is 1. The fraction of sp³-hybridized carbons (Fsp3) is 0.500. The molecule has 0 heterocycles. The molecule has 0 fully saturated rings. The molecule has 0 saturated carbocycles. The van der Waals surface area contributed by atoms with Crippen molar-refractivity contribution >= 4 is 23.2 Å². The second-order valence-electron chi connectivity index (χ2n) is 4.75. The zero-order valence-electron chi connectivity index (χ0n) is 12.0. The Hall–Kier alpha value is -1.30. The van der Waals surface area contributed by atoms with Gasteiger partial charge >= 0.3 is 0 Å². The molecule has 0 saturated heterocycles. The summed E-state index contributed by atoms with van der Waals surface area (Å²) in [4.78, 5) is 11.8. The minimum absolute atomic E-state index is 0.0714. The molecule has 0 radical (unpaired) electrons. The van der Waals surface area contributed by atoms with Crippen LogP contribution in [0.25, 0.3) is 0 Å². The molecule has 0 aliphatic heterocycles. The summed E-state index contributed by atoms with van der Waals surface area (Å²) in [7, 11) is 1.60. The predicted octanol–water partition coefficient (Wildman–Crippen LogP) is 2.29. The van der Waals surface area contributed by atoms with Crippen LogP contribution in [0.5, 0.6) is 5.75 Å². The third kappa shape index (κ3) is 5.00. The normalized spacial score (nSPS) is 12.3. The SMILES string of the molecule is COCCOc1ccc(NC(=O)[C@@H](N)C(C)C)cc1Cl. The summed E-state index contributed by atoms with van der Waals surface area (Å²) >= 11 is 6.09. The van der Waals surface area contributed by atoms with Crippen molar-refractivity contribution < 1.29 is 14.3 Å². The molecule has 1 amide bonds. The first-order chi connectivity index (χ1) is 9.45. The fourth-order valence-corrected chi connectivity index (χ4v) is 1.69. The van der Waals surface area contributed by atoms with Crippen LogP contribution in [0, 0.1) is 5.92 Å². The summed E-state index contributed by atoms with van der Waals surface area (Å²) in [5.41, 5.74) is 6.37. The lowest BCUT2D eigenvalue weighted by Crippen LogP contribution is -2.39. The van der Waals surface area contributed by atoms with E-state index in [1.807, 2.05) is 13.8 Å². The molecular formula is C14H21ClN2O3. The van der Waals surface area contributed by atoms with E-state index < -0.39 is 6.04 Å². The van der Waals surface area contributed by atoms with Crippen LogP contribution in [0.3, 0.4) is 0 Å². The number of hydrogen-bond acceptors (Lipinski definition) is 4. The number of methoxy groups -OCH3 is 1. The number of rotatable bonds is 7. The van der Waals surface area contributed by atoms with Gasteiger partial charge in [-0.3, -0.25) is 4.79 Å². The zero-order chi connectivity index (χ0) is 15.1. The molecule has 112 valence electrons. The van der Waals surface area contributed by atoms with Crippen molar-refractivity contribution in [3.8, 4) is 5.75 Å². The molecule has 1 rings (SSSR count). The molecule has 1 atom stereocenters. The maximum absolute atomic E-state index is 11.8. The number of carbonyl (C=O) groups excluding carboxylic acids is 1. The highest BCUT2D eigenvalue weighted by Crippen LogP contribution is 2.27. The van der Waals surface area contributed by atoms with Gasteiger partial charge in [-0.25, -0.2) is 0 Å². The summed E-state index contributed by atoms with van der Waals surface area (Å²) in [5.74, 6) is 0.390. The van der Waals surface area contributed by atoms with Crippen LogP contribution in [0.1, 0.15) is 13.8 Å². The van der Waals surface area contributed by atoms with Gasteiger partial charge in [-0.15, -0.1) is 0 Å². The monoisotopic (exact) mass is 300 g/mol. The average molecular weight is 301 g/mol. The Kier molecular flexibility index (Phi) is 6.78. The van der Waals surface area contributed by atoms with Gasteiger partial charge in [0.25, 0.3) is 0 Å². The van der Waals surface area contributed by atoms with Gasteiger partial charge in [0, 0.05) is 12.8 Å². The molecule has 0 unspecified atom stereocenters. The van der Waals surface area contributed by atoms with Crippen molar-refractivity contribution in [2.45, 2.75) is 19.9 Å². The van der Waals surface area contributed by atoms with Crippen LogP contribution in [0.2, 0.25) is 5.02 Å². The van der Waals surface area contributed by atoms with Crippen LogP contribution >= 0.6 is 11.6 Å². The van der Waals surface area contributed by atoms with Crippen LogP contribution in [0.4, 0.5) is 5.69 Å². The van der Waals surface area contributed by atoms with Gasteiger partial charge in [0.1, 0.15) is 12.4 Å². The lowest BCUT2D eigenvalue weighted by atomic mass is 10.0. The van der Waals surface area contributed by atoms with E-state index in [1.54, 1.807) is 25.3 Å². The number of anilines is 1. The van der Waals surface area contributed by atoms with Gasteiger partial charge in [0.15, 0.2) is 0 Å². The first kappa shape index (κ1) is 16.8. The molecule has 1 aromatic rings. The van der Waals surface area contributed by atoms with Crippen molar-refractivity contribution in [2.75, 3.05) is 25.6 Å². The maximum Gasteiger partial charge on any atom is 0.241 e. The molecule has 0 spiro atoms. The minimum Gasteiger partial charge on any atom is -0.490 e. The topological polar surface area (TPSA) is 73.6 Å². The highest BCUT2D eigenvalue weighted by atomic mass is 35.5. The van der Waals surface area contributed by atoms with Crippen molar-refractivity contribution in [3.05, 3.63) is 23.2 Å². The summed E-state index contributed by atoms with van der Waals surface area (Å²) in [5, 5.41) is 3.16. The van der Waals surface area contributed by atoms with Crippen molar-refractivity contribution in [2.24, 2.45) is 11.7 Å². The highest BCUT2D eigenvalue weighted by Gasteiger charge is 2.17. The molecule has 6 heteroatoms. The van der Waals surface area contributed by atoms with Crippen molar-refractivity contribution in [1.29, 1.82) is 0 Å². The molecule has 5 nitrogen and oxygen atoms in total. The number of halogens is 1. The first-order valence-corrected chi connectivity index (χ1v) is 6.81. The van der Waals surface area contributed by atoms with Gasteiger partial charge in [0.05, 0.1) is 17.7 Å². The summed E-state index contributed by atoms with van der Waals surface area (Å²) < 4.78 is 10.3. The molecule has 3 N–H and O–H groups in total. The second kappa shape index (κ2) is 8.09. The Morgan fingerprint density at radius 3 is 2.65 bits per heavy atom. The number of carbonyl (C=O) groups is 1.